The number of thiophene rings is 1. The van der Waals surface area contributed by atoms with Gasteiger partial charge < -0.3 is 24.8 Å². The third-order valence-electron chi connectivity index (χ3n) is 3.62. The summed E-state index contributed by atoms with van der Waals surface area (Å²) < 4.78 is 42.9. The molecule has 0 aliphatic rings. The molecule has 0 spiro atoms. The normalized spacial score (nSPS) is 11.8. The molecule has 11 heteroatoms. The first kappa shape index (κ1) is 21.8. The number of hydrogen-bond acceptors (Lipinski definition) is 7. The van der Waals surface area contributed by atoms with Gasteiger partial charge in [-0.3, -0.25) is 4.99 Å². The van der Waals surface area contributed by atoms with Crippen LogP contribution in [0.2, 0.25) is 0 Å². The number of nitrogens with zero attached hydrogens (tertiary/aromatic N) is 1. The highest BCUT2D eigenvalue weighted by Crippen LogP contribution is 2.39. The number of ether oxygens (including phenoxy) is 3. The fraction of sp³-hybridized carbons (Fsp3) is 0.353. The summed E-state index contributed by atoms with van der Waals surface area (Å²) in [6.07, 6.45) is 0. The van der Waals surface area contributed by atoms with Crippen LogP contribution >= 0.6 is 11.3 Å². The second kappa shape index (κ2) is 10.2. The van der Waals surface area contributed by atoms with Crippen LogP contribution in [-0.2, 0) is 10.0 Å². The average molecular weight is 429 g/mol. The van der Waals surface area contributed by atoms with Crippen LogP contribution in [0, 0.1) is 0 Å². The SMILES string of the molecule is CN=C(NCCNS(=O)(=O)c1cccs1)Nc1cc(OC)c(OC)c(OC)c1. The largest absolute Gasteiger partial charge is 0.493 e. The molecule has 1 aromatic heterocycles. The summed E-state index contributed by atoms with van der Waals surface area (Å²) in [6.45, 7) is 0.547. The molecule has 0 fully saturated rings. The van der Waals surface area contributed by atoms with E-state index in [0.717, 1.165) is 0 Å². The third-order valence-corrected chi connectivity index (χ3v) is 6.48. The molecule has 3 N–H and O–H groups in total. The van der Waals surface area contributed by atoms with E-state index in [4.69, 9.17) is 14.2 Å². The van der Waals surface area contributed by atoms with E-state index in [0.29, 0.717) is 35.4 Å². The van der Waals surface area contributed by atoms with Crippen LogP contribution in [0.5, 0.6) is 17.2 Å². The van der Waals surface area contributed by atoms with E-state index < -0.39 is 10.0 Å². The number of benzene rings is 1. The molecule has 2 aromatic rings. The summed E-state index contributed by atoms with van der Waals surface area (Å²) in [7, 11) is 2.73. The smallest absolute Gasteiger partial charge is 0.250 e. The molecule has 2 rings (SSSR count). The van der Waals surface area contributed by atoms with Crippen LogP contribution < -0.4 is 29.6 Å². The van der Waals surface area contributed by atoms with Crippen LogP contribution in [0.3, 0.4) is 0 Å². The molecule has 9 nitrogen and oxygen atoms in total. The van der Waals surface area contributed by atoms with Crippen molar-refractivity contribution in [3.8, 4) is 17.2 Å². The maximum absolute atomic E-state index is 12.1. The second-order valence-corrected chi connectivity index (χ2v) is 8.31. The van der Waals surface area contributed by atoms with Gasteiger partial charge in [-0.2, -0.15) is 0 Å². The first-order valence-corrected chi connectivity index (χ1v) is 10.6. The summed E-state index contributed by atoms with van der Waals surface area (Å²) in [4.78, 5) is 4.13. The Morgan fingerprint density at radius 1 is 1.11 bits per heavy atom. The number of anilines is 1. The predicted molar refractivity (Wildman–Crippen MR) is 111 cm³/mol. The van der Waals surface area contributed by atoms with Gasteiger partial charge in [-0.15, -0.1) is 11.3 Å². The van der Waals surface area contributed by atoms with Gasteiger partial charge in [-0.25, -0.2) is 13.1 Å². The Hall–Kier alpha value is -2.50. The van der Waals surface area contributed by atoms with Gasteiger partial charge in [0.15, 0.2) is 17.5 Å². The molecular formula is C17H24N4O5S2. The van der Waals surface area contributed by atoms with Gasteiger partial charge in [0.2, 0.25) is 15.8 Å². The molecule has 154 valence electrons. The lowest BCUT2D eigenvalue weighted by molar-refractivity contribution is 0.324. The molecule has 0 aliphatic carbocycles. The van der Waals surface area contributed by atoms with Crippen LogP contribution in [0.4, 0.5) is 5.69 Å². The van der Waals surface area contributed by atoms with Gasteiger partial charge in [-0.05, 0) is 11.4 Å². The number of sulfonamides is 1. The number of rotatable bonds is 9. The zero-order valence-corrected chi connectivity index (χ0v) is 17.7. The minimum atomic E-state index is -3.48. The van der Waals surface area contributed by atoms with Gasteiger partial charge in [0, 0.05) is 38.0 Å². The molecular weight excluding hydrogens is 404 g/mol. The van der Waals surface area contributed by atoms with E-state index >= 15 is 0 Å². The van der Waals surface area contributed by atoms with E-state index in [1.807, 2.05) is 0 Å². The van der Waals surface area contributed by atoms with E-state index in [1.165, 1.54) is 32.7 Å². The lowest BCUT2D eigenvalue weighted by Crippen LogP contribution is -2.37. The topological polar surface area (TPSA) is 110 Å². The number of nitrogens with one attached hydrogen (secondary N) is 3. The molecule has 0 bridgehead atoms. The Bertz CT molecular complexity index is 873. The molecule has 1 heterocycles. The summed E-state index contributed by atoms with van der Waals surface area (Å²) in [6, 6.07) is 6.74. The van der Waals surface area contributed by atoms with Gasteiger partial charge in [0.05, 0.1) is 21.3 Å². The predicted octanol–water partition coefficient (Wildman–Crippen LogP) is 1.74. The number of aliphatic imine (C=N–C) groups is 1. The lowest BCUT2D eigenvalue weighted by atomic mass is 10.2. The molecule has 0 saturated heterocycles. The summed E-state index contributed by atoms with van der Waals surface area (Å²) in [5, 5.41) is 7.86. The highest BCUT2D eigenvalue weighted by molar-refractivity contribution is 7.91. The molecule has 0 amide bonds. The van der Waals surface area contributed by atoms with Crippen LogP contribution in [0.1, 0.15) is 0 Å². The molecule has 0 atom stereocenters. The zero-order chi connectivity index (χ0) is 20.6. The van der Waals surface area contributed by atoms with Gasteiger partial charge in [0.1, 0.15) is 4.21 Å². The van der Waals surface area contributed by atoms with Crippen LogP contribution in [0.15, 0.2) is 38.8 Å². The van der Waals surface area contributed by atoms with Crippen molar-refractivity contribution in [2.24, 2.45) is 4.99 Å². The maximum atomic E-state index is 12.1. The van der Waals surface area contributed by atoms with Crippen molar-refractivity contribution in [1.29, 1.82) is 0 Å². The van der Waals surface area contributed by atoms with Gasteiger partial charge in [-0.1, -0.05) is 6.07 Å². The Kier molecular flexibility index (Phi) is 7.91. The van der Waals surface area contributed by atoms with Crippen LogP contribution in [0.25, 0.3) is 0 Å². The number of hydrogen-bond donors (Lipinski definition) is 3. The van der Waals surface area contributed by atoms with E-state index in [2.05, 4.69) is 20.3 Å². The van der Waals surface area contributed by atoms with Crippen LogP contribution in [-0.4, -0.2) is 55.8 Å². The van der Waals surface area contributed by atoms with E-state index in [1.54, 1.807) is 36.7 Å². The first-order chi connectivity index (χ1) is 13.4. The van der Waals surface area contributed by atoms with Crippen molar-refractivity contribution in [2.75, 3.05) is 46.8 Å². The van der Waals surface area contributed by atoms with Crippen molar-refractivity contribution in [3.05, 3.63) is 29.6 Å². The van der Waals surface area contributed by atoms with Gasteiger partial charge in [0.25, 0.3) is 0 Å². The highest BCUT2D eigenvalue weighted by atomic mass is 32.2. The van der Waals surface area contributed by atoms with Crippen molar-refractivity contribution < 1.29 is 22.6 Å². The molecule has 0 radical (unpaired) electrons. The van der Waals surface area contributed by atoms with Gasteiger partial charge >= 0.3 is 0 Å². The fourth-order valence-corrected chi connectivity index (χ4v) is 4.39. The van der Waals surface area contributed by atoms with Crippen molar-refractivity contribution in [2.45, 2.75) is 4.21 Å². The number of methoxy groups -OCH3 is 3. The Labute approximate surface area is 168 Å². The fourth-order valence-electron chi connectivity index (χ4n) is 2.32. The molecule has 0 saturated carbocycles. The van der Waals surface area contributed by atoms with Crippen molar-refractivity contribution in [3.63, 3.8) is 0 Å². The molecule has 1 aromatic carbocycles. The maximum Gasteiger partial charge on any atom is 0.250 e. The minimum Gasteiger partial charge on any atom is -0.493 e. The Morgan fingerprint density at radius 2 is 1.79 bits per heavy atom. The van der Waals surface area contributed by atoms with E-state index in [9.17, 15) is 8.42 Å². The number of guanidine groups is 1. The average Bonchev–Trinajstić information content (AvgIpc) is 3.25. The highest BCUT2D eigenvalue weighted by Gasteiger charge is 2.15. The first-order valence-electron chi connectivity index (χ1n) is 8.26. The monoisotopic (exact) mass is 428 g/mol. The zero-order valence-electron chi connectivity index (χ0n) is 16.1. The quantitative estimate of drug-likeness (QED) is 0.317. The third kappa shape index (κ3) is 5.50. The summed E-state index contributed by atoms with van der Waals surface area (Å²) in [5.74, 6) is 1.96. The Morgan fingerprint density at radius 3 is 2.29 bits per heavy atom. The molecule has 0 aliphatic heterocycles. The Balaban J connectivity index is 1.96. The molecule has 0 unspecified atom stereocenters. The minimum absolute atomic E-state index is 0.205. The molecule has 28 heavy (non-hydrogen) atoms. The second-order valence-electron chi connectivity index (χ2n) is 5.37. The van der Waals surface area contributed by atoms with Crippen molar-refractivity contribution >= 4 is 33.0 Å². The summed E-state index contributed by atoms with van der Waals surface area (Å²) in [5.41, 5.74) is 0.668. The lowest BCUT2D eigenvalue weighted by Gasteiger charge is -2.16. The van der Waals surface area contributed by atoms with E-state index in [-0.39, 0.29) is 10.8 Å². The summed E-state index contributed by atoms with van der Waals surface area (Å²) >= 11 is 1.17. The standard InChI is InChI=1S/C17H24N4O5S2/c1-18-17(19-7-8-20-28(22,23)15-6-5-9-27-15)21-12-10-13(24-2)16(26-4)14(11-12)25-3/h5-6,9-11,20H,7-8H2,1-4H3,(H2,18,19,21). The van der Waals surface area contributed by atoms with Crippen molar-refractivity contribution in [1.82, 2.24) is 10.0 Å².